The Kier molecular flexibility index (Phi) is 4.61. The molecule has 27 heavy (non-hydrogen) atoms. The van der Waals surface area contributed by atoms with E-state index >= 15 is 0 Å². The number of pyridine rings is 1. The van der Waals surface area contributed by atoms with Gasteiger partial charge in [0.2, 0.25) is 11.7 Å². The van der Waals surface area contributed by atoms with Crippen LogP contribution in [0.4, 0.5) is 9.59 Å². The third kappa shape index (κ3) is 3.83. The Bertz CT molecular complexity index is 826. The number of likely N-dealkylation sites (tertiary alicyclic amines) is 1. The fourth-order valence-corrected chi connectivity index (χ4v) is 3.34. The van der Waals surface area contributed by atoms with Crippen LogP contribution in [0.15, 0.2) is 28.9 Å². The second-order valence-corrected chi connectivity index (χ2v) is 6.65. The van der Waals surface area contributed by atoms with Gasteiger partial charge in [0.1, 0.15) is 11.3 Å². The molecule has 1 atom stereocenters. The summed E-state index contributed by atoms with van der Waals surface area (Å²) in [4.78, 5) is 33.9. The van der Waals surface area contributed by atoms with Crippen LogP contribution in [0.3, 0.4) is 0 Å². The number of alkyl carbamates (subject to hydrolysis) is 1. The molecular formula is C17H20N6O4. The Balaban J connectivity index is 1.31. The number of nitrogens with one attached hydrogen (secondary N) is 2. The molecule has 0 aromatic carbocycles. The van der Waals surface area contributed by atoms with Crippen molar-refractivity contribution in [2.24, 2.45) is 0 Å². The van der Waals surface area contributed by atoms with Crippen molar-refractivity contribution in [1.29, 1.82) is 0 Å². The van der Waals surface area contributed by atoms with Crippen LogP contribution < -0.4 is 10.6 Å². The van der Waals surface area contributed by atoms with Gasteiger partial charge in [0, 0.05) is 25.7 Å². The third-order valence-electron chi connectivity index (χ3n) is 4.80. The molecule has 0 aliphatic carbocycles. The Morgan fingerprint density at radius 3 is 3.04 bits per heavy atom. The molecule has 142 valence electrons. The summed E-state index contributed by atoms with van der Waals surface area (Å²) >= 11 is 0. The summed E-state index contributed by atoms with van der Waals surface area (Å²) in [6.45, 7) is 1.76. The standard InChI is InChI=1S/C17H20N6O4/c24-15(23-8-3-5-17(6-9-23)11-20-16(25)26-17)19-10-13-21-14(22-27-13)12-4-1-2-7-18-12/h1-2,4,7H,3,5-6,8-11H2,(H,19,24)(H,20,25). The number of ether oxygens (including phenoxy) is 1. The SMILES string of the molecule is O=C1NCC2(CCCN(C(=O)NCc3nc(-c4ccccn4)no3)CC2)O1. The van der Waals surface area contributed by atoms with Gasteiger partial charge in [0.05, 0.1) is 13.1 Å². The fourth-order valence-electron chi connectivity index (χ4n) is 3.34. The highest BCUT2D eigenvalue weighted by Gasteiger charge is 2.41. The predicted octanol–water partition coefficient (Wildman–Crippen LogP) is 1.31. The summed E-state index contributed by atoms with van der Waals surface area (Å²) in [5.74, 6) is 0.691. The summed E-state index contributed by atoms with van der Waals surface area (Å²) in [6, 6.07) is 5.22. The summed E-state index contributed by atoms with van der Waals surface area (Å²) < 4.78 is 10.6. The van der Waals surface area contributed by atoms with E-state index in [9.17, 15) is 9.59 Å². The Labute approximate surface area is 155 Å². The topological polar surface area (TPSA) is 122 Å². The lowest BCUT2D eigenvalue weighted by Crippen LogP contribution is -2.41. The molecule has 1 spiro atoms. The van der Waals surface area contributed by atoms with Gasteiger partial charge < -0.3 is 24.8 Å². The highest BCUT2D eigenvalue weighted by molar-refractivity contribution is 5.74. The molecule has 2 fully saturated rings. The molecule has 2 aliphatic rings. The van der Waals surface area contributed by atoms with Gasteiger partial charge in [-0.05, 0) is 25.0 Å². The van der Waals surface area contributed by atoms with Crippen molar-refractivity contribution in [1.82, 2.24) is 30.7 Å². The van der Waals surface area contributed by atoms with Crippen molar-refractivity contribution < 1.29 is 18.8 Å². The van der Waals surface area contributed by atoms with E-state index in [1.54, 1.807) is 23.2 Å². The van der Waals surface area contributed by atoms with E-state index in [4.69, 9.17) is 9.26 Å². The first kappa shape index (κ1) is 17.3. The van der Waals surface area contributed by atoms with E-state index in [0.29, 0.717) is 43.5 Å². The minimum atomic E-state index is -0.490. The van der Waals surface area contributed by atoms with Crippen LogP contribution in [-0.4, -0.2) is 57.4 Å². The first-order chi connectivity index (χ1) is 13.1. The normalized spacial score (nSPS) is 22.2. The van der Waals surface area contributed by atoms with Crippen LogP contribution in [0.1, 0.15) is 25.2 Å². The number of amides is 3. The number of aromatic nitrogens is 3. The smallest absolute Gasteiger partial charge is 0.407 e. The molecule has 0 bridgehead atoms. The zero-order valence-corrected chi connectivity index (χ0v) is 14.7. The van der Waals surface area contributed by atoms with Crippen LogP contribution in [0.2, 0.25) is 0 Å². The predicted molar refractivity (Wildman–Crippen MR) is 92.4 cm³/mol. The van der Waals surface area contributed by atoms with Crippen LogP contribution in [0, 0.1) is 0 Å². The van der Waals surface area contributed by atoms with Gasteiger partial charge in [-0.3, -0.25) is 4.98 Å². The van der Waals surface area contributed by atoms with E-state index in [1.165, 1.54) is 0 Å². The van der Waals surface area contributed by atoms with Crippen molar-refractivity contribution in [3.63, 3.8) is 0 Å². The number of hydrogen-bond donors (Lipinski definition) is 2. The van der Waals surface area contributed by atoms with Crippen molar-refractivity contribution >= 4 is 12.1 Å². The van der Waals surface area contributed by atoms with E-state index in [0.717, 1.165) is 12.8 Å². The lowest BCUT2D eigenvalue weighted by molar-refractivity contribution is 0.0453. The maximum Gasteiger partial charge on any atom is 0.407 e. The number of carbonyl (C=O) groups is 2. The number of nitrogens with zero attached hydrogens (tertiary/aromatic N) is 4. The second kappa shape index (κ2) is 7.22. The minimum absolute atomic E-state index is 0.136. The lowest BCUT2D eigenvalue weighted by Gasteiger charge is -2.24. The van der Waals surface area contributed by atoms with Gasteiger partial charge in [-0.2, -0.15) is 4.98 Å². The monoisotopic (exact) mass is 372 g/mol. The molecule has 2 aromatic rings. The van der Waals surface area contributed by atoms with Gasteiger partial charge in [0.25, 0.3) is 0 Å². The van der Waals surface area contributed by atoms with Crippen LogP contribution in [0.5, 0.6) is 0 Å². The first-order valence-electron chi connectivity index (χ1n) is 8.87. The van der Waals surface area contributed by atoms with E-state index in [2.05, 4.69) is 25.8 Å². The fraction of sp³-hybridized carbons (Fsp3) is 0.471. The van der Waals surface area contributed by atoms with Crippen molar-refractivity contribution in [2.75, 3.05) is 19.6 Å². The summed E-state index contributed by atoms with van der Waals surface area (Å²) in [7, 11) is 0. The van der Waals surface area contributed by atoms with E-state index in [1.807, 2.05) is 6.07 Å². The number of hydrogen-bond acceptors (Lipinski definition) is 7. The van der Waals surface area contributed by atoms with Gasteiger partial charge in [-0.25, -0.2) is 9.59 Å². The number of urea groups is 1. The summed E-state index contributed by atoms with van der Waals surface area (Å²) in [6.07, 6.45) is 3.40. The Morgan fingerprint density at radius 2 is 2.26 bits per heavy atom. The molecule has 2 saturated heterocycles. The molecule has 3 amide bonds. The maximum atomic E-state index is 12.5. The van der Waals surface area contributed by atoms with Gasteiger partial charge in [0.15, 0.2) is 0 Å². The molecule has 10 heteroatoms. The number of carbonyl (C=O) groups excluding carboxylic acids is 2. The molecule has 2 aromatic heterocycles. The zero-order chi connectivity index (χ0) is 18.7. The quantitative estimate of drug-likeness (QED) is 0.832. The highest BCUT2D eigenvalue weighted by Crippen LogP contribution is 2.29. The molecule has 2 aliphatic heterocycles. The molecule has 0 radical (unpaired) electrons. The molecule has 4 rings (SSSR count). The molecular weight excluding hydrogens is 352 g/mol. The number of rotatable bonds is 3. The third-order valence-corrected chi connectivity index (χ3v) is 4.80. The van der Waals surface area contributed by atoms with Crippen molar-refractivity contribution in [3.8, 4) is 11.5 Å². The first-order valence-corrected chi connectivity index (χ1v) is 8.87. The molecule has 2 N–H and O–H groups in total. The van der Waals surface area contributed by atoms with E-state index < -0.39 is 5.60 Å². The summed E-state index contributed by atoms with van der Waals surface area (Å²) in [5, 5.41) is 9.38. The molecule has 10 nitrogen and oxygen atoms in total. The highest BCUT2D eigenvalue weighted by atomic mass is 16.6. The van der Waals surface area contributed by atoms with Gasteiger partial charge in [-0.1, -0.05) is 11.2 Å². The molecule has 0 saturated carbocycles. The van der Waals surface area contributed by atoms with E-state index in [-0.39, 0.29) is 18.7 Å². The largest absolute Gasteiger partial charge is 0.441 e. The second-order valence-electron chi connectivity index (χ2n) is 6.65. The maximum absolute atomic E-state index is 12.5. The van der Waals surface area contributed by atoms with Crippen molar-refractivity contribution in [2.45, 2.75) is 31.4 Å². The van der Waals surface area contributed by atoms with Gasteiger partial charge in [-0.15, -0.1) is 0 Å². The van der Waals surface area contributed by atoms with Crippen LogP contribution >= 0.6 is 0 Å². The Hall–Kier alpha value is -3.17. The van der Waals surface area contributed by atoms with Crippen LogP contribution in [0.25, 0.3) is 11.5 Å². The zero-order valence-electron chi connectivity index (χ0n) is 14.7. The summed E-state index contributed by atoms with van der Waals surface area (Å²) in [5.41, 5.74) is 0.118. The van der Waals surface area contributed by atoms with Crippen LogP contribution in [-0.2, 0) is 11.3 Å². The molecule has 4 heterocycles. The van der Waals surface area contributed by atoms with Crippen molar-refractivity contribution in [3.05, 3.63) is 30.3 Å². The Morgan fingerprint density at radius 1 is 1.33 bits per heavy atom. The molecule has 1 unspecified atom stereocenters. The lowest BCUT2D eigenvalue weighted by atomic mass is 9.95. The average Bonchev–Trinajstić information content (AvgIpc) is 3.24. The average molecular weight is 372 g/mol. The van der Waals surface area contributed by atoms with Gasteiger partial charge >= 0.3 is 12.1 Å². The minimum Gasteiger partial charge on any atom is -0.441 e.